The second-order valence-corrected chi connectivity index (χ2v) is 4.33. The molecule has 0 aliphatic heterocycles. The summed E-state index contributed by atoms with van der Waals surface area (Å²) >= 11 is 0. The fraction of sp³-hybridized carbons (Fsp3) is 0.595. The van der Waals surface area contributed by atoms with E-state index in [0.717, 1.165) is 0 Å². The van der Waals surface area contributed by atoms with E-state index < -0.39 is 0 Å². The van der Waals surface area contributed by atoms with Crippen LogP contribution in [0, 0.1) is 13.8 Å². The Morgan fingerprint density at radius 3 is 0.523 bits per heavy atom. The lowest BCUT2D eigenvalue weighted by Gasteiger charge is -1.82. The van der Waals surface area contributed by atoms with E-state index in [1.165, 1.54) is 17.9 Å². The molecule has 1 heterocycles. The van der Waals surface area contributed by atoms with E-state index in [4.69, 9.17) is 0 Å². The summed E-state index contributed by atoms with van der Waals surface area (Å²) in [6.07, 6.45) is 3.50. The largest absolute Gasteiger partial charge is 0.265 e. The van der Waals surface area contributed by atoms with Crippen molar-refractivity contribution in [2.75, 3.05) is 0 Å². The van der Waals surface area contributed by atoms with E-state index in [0.29, 0.717) is 0 Å². The van der Waals surface area contributed by atoms with Gasteiger partial charge in [-0.15, -0.1) is 0 Å². The van der Waals surface area contributed by atoms with Crippen LogP contribution in [0.2, 0.25) is 6.82 Å². The van der Waals surface area contributed by atoms with Crippen molar-refractivity contribution in [2.45, 2.75) is 173 Å². The number of benzene rings is 2. The molecule has 3 aromatic rings. The summed E-state index contributed by atoms with van der Waals surface area (Å²) in [6.45, 7) is 49.7. The van der Waals surface area contributed by atoms with Gasteiger partial charge in [-0.2, -0.15) is 0 Å². The van der Waals surface area contributed by atoms with E-state index in [1.54, 1.807) is 12.4 Å². The lowest BCUT2D eigenvalue weighted by atomic mass is 10.2. The molecule has 0 bridgehead atoms. The molecule has 0 saturated carbocycles. The highest BCUT2D eigenvalue weighted by Crippen LogP contribution is 1.92. The maximum atomic E-state index is 4.50. The molecular weight excluding hydrogens is 529 g/mol. The molecule has 0 unspecified atom stereocenters. The van der Waals surface area contributed by atoms with Gasteiger partial charge in [-0.25, -0.2) is 0 Å². The molecule has 0 atom stereocenters. The van der Waals surface area contributed by atoms with Crippen LogP contribution in [0.4, 0.5) is 0 Å². The van der Waals surface area contributed by atoms with E-state index in [2.05, 4.69) is 50.9 Å². The first-order valence-corrected chi connectivity index (χ1v) is 18.2. The number of hydrogen-bond acceptors (Lipinski definition) is 1. The van der Waals surface area contributed by atoms with E-state index in [-0.39, 0.29) is 0 Å². The van der Waals surface area contributed by atoms with Crippen LogP contribution < -0.4 is 0 Å². The molecular formula is C42H90BN. The molecule has 0 saturated heterocycles. The predicted molar refractivity (Wildman–Crippen MR) is 223 cm³/mol. The summed E-state index contributed by atoms with van der Waals surface area (Å²) < 4.78 is 0. The third-order valence-corrected chi connectivity index (χ3v) is 2.45. The molecule has 1 nitrogen and oxygen atoms in total. The summed E-state index contributed by atoms with van der Waals surface area (Å²) in [5, 5.41) is 0. The zero-order valence-corrected chi connectivity index (χ0v) is 35.7. The van der Waals surface area contributed by atoms with Crippen LogP contribution in [0.3, 0.4) is 0 Å². The first-order chi connectivity index (χ1) is 21.8. The Hall–Kier alpha value is -2.35. The van der Waals surface area contributed by atoms with Crippen LogP contribution in [-0.2, 0) is 0 Å². The lowest BCUT2D eigenvalue weighted by molar-refractivity contribution is 1.33. The maximum Gasteiger partial charge on any atom is 0.0606 e. The topological polar surface area (TPSA) is 12.9 Å². The fourth-order valence-corrected chi connectivity index (χ4v) is 1.38. The van der Waals surface area contributed by atoms with Gasteiger partial charge in [0.15, 0.2) is 0 Å². The predicted octanol–water partition coefficient (Wildman–Crippen LogP) is 16.6. The number of aromatic nitrogens is 1. The first-order valence-electron chi connectivity index (χ1n) is 18.2. The number of pyridine rings is 1. The van der Waals surface area contributed by atoms with E-state index in [9.17, 15) is 0 Å². The minimum atomic E-state index is 1.32. The summed E-state index contributed by atoms with van der Waals surface area (Å²) in [5.41, 5.74) is 2.64. The van der Waals surface area contributed by atoms with Gasteiger partial charge in [0.25, 0.3) is 0 Å². The second kappa shape index (κ2) is 165. The molecule has 0 fully saturated rings. The Morgan fingerprint density at radius 2 is 0.455 bits per heavy atom. The van der Waals surface area contributed by atoms with Crippen LogP contribution in [0.1, 0.15) is 163 Å². The smallest absolute Gasteiger partial charge is 0.0606 e. The second-order valence-electron chi connectivity index (χ2n) is 4.33. The average Bonchev–Trinajstić information content (AvgIpc) is 3.20. The molecule has 44 heavy (non-hydrogen) atoms. The van der Waals surface area contributed by atoms with Crippen molar-refractivity contribution < 1.29 is 0 Å². The molecule has 0 amide bonds. The molecule has 2 radical (unpaired) electrons. The third-order valence-electron chi connectivity index (χ3n) is 2.45. The van der Waals surface area contributed by atoms with Gasteiger partial charge < -0.3 is 0 Å². The molecule has 0 spiro atoms. The minimum Gasteiger partial charge on any atom is -0.265 e. The molecule has 0 aliphatic rings. The highest BCUT2D eigenvalue weighted by atomic mass is 14.6. The highest BCUT2D eigenvalue weighted by Gasteiger charge is 1.72. The van der Waals surface area contributed by atoms with Crippen molar-refractivity contribution >= 4 is 7.85 Å². The minimum absolute atomic E-state index is 1.32. The Balaban J connectivity index is -0.0000000263. The van der Waals surface area contributed by atoms with Crippen molar-refractivity contribution in [1.82, 2.24) is 4.98 Å². The van der Waals surface area contributed by atoms with E-state index in [1.807, 2.05) is 207 Å². The fourth-order valence-electron chi connectivity index (χ4n) is 1.38. The van der Waals surface area contributed by atoms with Crippen molar-refractivity contribution in [3.05, 3.63) is 102 Å². The Morgan fingerprint density at radius 1 is 0.295 bits per heavy atom. The Bertz CT molecular complexity index is 476. The van der Waals surface area contributed by atoms with Gasteiger partial charge in [-0.3, -0.25) is 4.98 Å². The maximum absolute atomic E-state index is 4.50. The van der Waals surface area contributed by atoms with Crippen LogP contribution in [0.25, 0.3) is 0 Å². The van der Waals surface area contributed by atoms with Crippen molar-refractivity contribution in [3.8, 4) is 0 Å². The van der Waals surface area contributed by atoms with Gasteiger partial charge in [0.2, 0.25) is 0 Å². The van der Waals surface area contributed by atoms with Gasteiger partial charge in [0, 0.05) is 12.4 Å². The van der Waals surface area contributed by atoms with Crippen LogP contribution >= 0.6 is 0 Å². The van der Waals surface area contributed by atoms with Crippen LogP contribution in [0.15, 0.2) is 91.3 Å². The van der Waals surface area contributed by atoms with Gasteiger partial charge >= 0.3 is 0 Å². The summed E-state index contributed by atoms with van der Waals surface area (Å²) in [4.78, 5) is 3.78. The molecule has 3 rings (SSSR count). The molecule has 1 aromatic heterocycles. The summed E-state index contributed by atoms with van der Waals surface area (Å²) in [7, 11) is 4.50. The average molecular weight is 620 g/mol. The van der Waals surface area contributed by atoms with Crippen LogP contribution in [0.5, 0.6) is 0 Å². The summed E-state index contributed by atoms with van der Waals surface area (Å²) in [5.74, 6) is 0. The Labute approximate surface area is 287 Å². The molecule has 266 valence electrons. The van der Waals surface area contributed by atoms with Gasteiger partial charge in [-0.05, 0) is 26.0 Å². The number of rotatable bonds is 0. The van der Waals surface area contributed by atoms with Gasteiger partial charge in [0.1, 0.15) is 0 Å². The quantitative estimate of drug-likeness (QED) is 0.228. The van der Waals surface area contributed by atoms with Crippen LogP contribution in [-0.4, -0.2) is 12.8 Å². The van der Waals surface area contributed by atoms with E-state index >= 15 is 0 Å². The molecule has 2 aromatic carbocycles. The lowest BCUT2D eigenvalue weighted by Crippen LogP contribution is -1.62. The zero-order chi connectivity index (χ0) is 38.5. The zero-order valence-electron chi connectivity index (χ0n) is 35.7. The molecule has 2 heteroatoms. The van der Waals surface area contributed by atoms with Gasteiger partial charge in [-0.1, -0.05) is 237 Å². The molecule has 0 aliphatic carbocycles. The van der Waals surface area contributed by atoms with Gasteiger partial charge in [0.05, 0.1) is 7.85 Å². The standard InChI is InChI=1S/2C7H8.C5H5N.11C2H6.CH3B/c2*1-7-5-3-2-4-6-7;1-2-4-6-5-3-1;12*1-2/h2*2-6H,1H3;1-5H;11*1-2H3;1H3. The number of nitrogens with zero attached hydrogens (tertiary/aromatic N) is 1. The normalized spacial score (nSPS) is 5.48. The third kappa shape index (κ3) is 153. The van der Waals surface area contributed by atoms with Crippen molar-refractivity contribution in [1.29, 1.82) is 0 Å². The SMILES string of the molecule is CC.CC.CC.CC.CC.CC.CC.CC.CC.CC.CC.Cc1ccccc1.Cc1ccccc1.[B]C.c1ccncc1. The molecule has 0 N–H and O–H groups in total. The van der Waals surface area contributed by atoms with Crippen molar-refractivity contribution in [2.24, 2.45) is 0 Å². The monoisotopic (exact) mass is 620 g/mol. The Kier molecular flexibility index (Phi) is 294. The first kappa shape index (κ1) is 78.3. The number of aryl methyl sites for hydroxylation is 2. The number of hydrogen-bond donors (Lipinski definition) is 0. The highest BCUT2D eigenvalue weighted by molar-refractivity contribution is 6.05. The summed E-state index contributed by atoms with van der Waals surface area (Å²) in [6, 6.07) is 26.2. The van der Waals surface area contributed by atoms with Crippen molar-refractivity contribution in [3.63, 3.8) is 0 Å².